The molecule has 2 aromatic rings. The molecule has 0 spiro atoms. The van der Waals surface area contributed by atoms with Gasteiger partial charge in [0.2, 0.25) is 6.29 Å². The van der Waals surface area contributed by atoms with Crippen LogP contribution in [0.3, 0.4) is 0 Å². The van der Waals surface area contributed by atoms with Crippen LogP contribution in [0.15, 0.2) is 40.9 Å². The normalized spacial score (nSPS) is 31.3. The summed E-state index contributed by atoms with van der Waals surface area (Å²) in [6, 6.07) is 11.1. The molecule has 0 bridgehead atoms. The second-order valence-corrected chi connectivity index (χ2v) is 6.38. The lowest BCUT2D eigenvalue weighted by molar-refractivity contribution is -0.277. The Bertz CT molecular complexity index is 691. The number of aliphatic hydroxyl groups is 4. The van der Waals surface area contributed by atoms with Gasteiger partial charge in [0.05, 0.1) is 6.61 Å². The Kier molecular flexibility index (Phi) is 4.86. The van der Waals surface area contributed by atoms with Crippen molar-refractivity contribution in [1.29, 1.82) is 0 Å². The Hall–Kier alpha value is -1.22. The average molecular weight is 385 g/mol. The van der Waals surface area contributed by atoms with Gasteiger partial charge in [-0.1, -0.05) is 28.1 Å². The van der Waals surface area contributed by atoms with E-state index in [2.05, 4.69) is 15.9 Å². The standard InChI is InChI=1S/C16H17BrO6/c17-10-3-1-9-6-11(4-2-8(9)5-10)22-16-15(21)14(20)13(19)12(7-18)23-16/h1-6,12-16,18-21H,7H2/t12-,13+,14+,15-,16?/m1/s1. The first-order valence-electron chi connectivity index (χ1n) is 7.16. The Morgan fingerprint density at radius 3 is 2.39 bits per heavy atom. The van der Waals surface area contributed by atoms with Gasteiger partial charge in [-0.3, -0.25) is 0 Å². The van der Waals surface area contributed by atoms with Crippen molar-refractivity contribution < 1.29 is 29.9 Å². The van der Waals surface area contributed by atoms with Crippen LogP contribution in [0.2, 0.25) is 0 Å². The van der Waals surface area contributed by atoms with Crippen LogP contribution in [0.5, 0.6) is 5.75 Å². The van der Waals surface area contributed by atoms with E-state index in [1.54, 1.807) is 12.1 Å². The number of rotatable bonds is 3. The van der Waals surface area contributed by atoms with E-state index in [4.69, 9.17) is 9.47 Å². The van der Waals surface area contributed by atoms with Crippen molar-refractivity contribution in [3.63, 3.8) is 0 Å². The van der Waals surface area contributed by atoms with E-state index in [1.165, 1.54) is 0 Å². The molecule has 5 atom stereocenters. The highest BCUT2D eigenvalue weighted by Crippen LogP contribution is 2.28. The molecule has 0 amide bonds. The predicted octanol–water partition coefficient (Wildman–Crippen LogP) is 0.781. The molecule has 0 radical (unpaired) electrons. The maximum absolute atomic E-state index is 9.98. The van der Waals surface area contributed by atoms with Crippen molar-refractivity contribution in [3.05, 3.63) is 40.9 Å². The number of fused-ring (bicyclic) bond motifs is 1. The first-order valence-corrected chi connectivity index (χ1v) is 7.95. The van der Waals surface area contributed by atoms with E-state index in [1.807, 2.05) is 24.3 Å². The van der Waals surface area contributed by atoms with Gasteiger partial charge in [0, 0.05) is 4.47 Å². The van der Waals surface area contributed by atoms with Crippen LogP contribution < -0.4 is 4.74 Å². The van der Waals surface area contributed by atoms with Crippen LogP contribution in [0.1, 0.15) is 0 Å². The second kappa shape index (κ2) is 6.72. The fourth-order valence-corrected chi connectivity index (χ4v) is 2.95. The van der Waals surface area contributed by atoms with Crippen LogP contribution in [0, 0.1) is 0 Å². The van der Waals surface area contributed by atoms with E-state index in [9.17, 15) is 20.4 Å². The minimum atomic E-state index is -1.46. The number of hydrogen-bond acceptors (Lipinski definition) is 6. The Morgan fingerprint density at radius 2 is 1.65 bits per heavy atom. The minimum absolute atomic E-state index is 0.448. The summed E-state index contributed by atoms with van der Waals surface area (Å²) >= 11 is 3.41. The molecule has 2 aromatic carbocycles. The zero-order valence-corrected chi connectivity index (χ0v) is 13.6. The maximum atomic E-state index is 9.98. The highest BCUT2D eigenvalue weighted by Gasteiger charge is 2.44. The molecular formula is C16H17BrO6. The van der Waals surface area contributed by atoms with Gasteiger partial charge in [0.15, 0.2) is 0 Å². The molecule has 1 aliphatic heterocycles. The van der Waals surface area contributed by atoms with Crippen molar-refractivity contribution >= 4 is 26.7 Å². The summed E-state index contributed by atoms with van der Waals surface area (Å²) < 4.78 is 11.9. The molecular weight excluding hydrogens is 368 g/mol. The van der Waals surface area contributed by atoms with Crippen molar-refractivity contribution in [2.75, 3.05) is 6.61 Å². The zero-order valence-electron chi connectivity index (χ0n) is 12.0. The molecule has 124 valence electrons. The van der Waals surface area contributed by atoms with Crippen molar-refractivity contribution in [1.82, 2.24) is 0 Å². The summed E-state index contributed by atoms with van der Waals surface area (Å²) in [5.74, 6) is 0.448. The third kappa shape index (κ3) is 3.35. The zero-order chi connectivity index (χ0) is 16.6. The Balaban J connectivity index is 1.81. The van der Waals surface area contributed by atoms with Crippen molar-refractivity contribution in [2.24, 2.45) is 0 Å². The average Bonchev–Trinajstić information content (AvgIpc) is 2.55. The molecule has 0 aromatic heterocycles. The lowest BCUT2D eigenvalue weighted by Crippen LogP contribution is -2.60. The first-order chi connectivity index (χ1) is 11.0. The van der Waals surface area contributed by atoms with Gasteiger partial charge in [-0.15, -0.1) is 0 Å². The summed E-state index contributed by atoms with van der Waals surface area (Å²) in [6.45, 7) is -0.490. The van der Waals surface area contributed by atoms with E-state index in [0.717, 1.165) is 15.2 Å². The highest BCUT2D eigenvalue weighted by atomic mass is 79.9. The van der Waals surface area contributed by atoms with Crippen molar-refractivity contribution in [3.8, 4) is 5.75 Å². The quantitative estimate of drug-likeness (QED) is 0.624. The summed E-state index contributed by atoms with van der Waals surface area (Å²) in [7, 11) is 0. The minimum Gasteiger partial charge on any atom is -0.462 e. The van der Waals surface area contributed by atoms with Crippen LogP contribution in [0.4, 0.5) is 0 Å². The van der Waals surface area contributed by atoms with E-state index in [-0.39, 0.29) is 0 Å². The molecule has 1 saturated heterocycles. The van der Waals surface area contributed by atoms with Crippen LogP contribution in [-0.2, 0) is 4.74 Å². The summed E-state index contributed by atoms with van der Waals surface area (Å²) in [5.41, 5.74) is 0. The molecule has 23 heavy (non-hydrogen) atoms. The van der Waals surface area contributed by atoms with E-state index < -0.39 is 37.3 Å². The predicted molar refractivity (Wildman–Crippen MR) is 86.0 cm³/mol. The van der Waals surface area contributed by atoms with E-state index in [0.29, 0.717) is 5.75 Å². The van der Waals surface area contributed by atoms with Crippen molar-refractivity contribution in [2.45, 2.75) is 30.7 Å². The molecule has 1 heterocycles. The maximum Gasteiger partial charge on any atom is 0.229 e. The smallest absolute Gasteiger partial charge is 0.229 e. The number of halogens is 1. The van der Waals surface area contributed by atoms with Crippen LogP contribution >= 0.6 is 15.9 Å². The Morgan fingerprint density at radius 1 is 0.957 bits per heavy atom. The van der Waals surface area contributed by atoms with E-state index >= 15 is 0 Å². The van der Waals surface area contributed by atoms with Gasteiger partial charge in [0.25, 0.3) is 0 Å². The number of benzene rings is 2. The van der Waals surface area contributed by atoms with Crippen LogP contribution in [0.25, 0.3) is 10.8 Å². The lowest BCUT2D eigenvalue weighted by atomic mass is 9.99. The molecule has 6 nitrogen and oxygen atoms in total. The summed E-state index contributed by atoms with van der Waals surface area (Å²) in [6.07, 6.45) is -6.45. The van der Waals surface area contributed by atoms with Gasteiger partial charge in [-0.25, -0.2) is 0 Å². The highest BCUT2D eigenvalue weighted by molar-refractivity contribution is 9.10. The first kappa shape index (κ1) is 16.6. The number of ether oxygens (including phenoxy) is 2. The largest absolute Gasteiger partial charge is 0.462 e. The molecule has 3 rings (SSSR count). The second-order valence-electron chi connectivity index (χ2n) is 5.47. The van der Waals surface area contributed by atoms with Gasteiger partial charge in [-0.05, 0) is 35.0 Å². The molecule has 7 heteroatoms. The number of hydrogen-bond donors (Lipinski definition) is 4. The SMILES string of the molecule is OC[C@H]1OC(Oc2ccc3cc(Br)ccc3c2)[C@H](O)[C@@H](O)[C@H]1O. The fraction of sp³-hybridized carbons (Fsp3) is 0.375. The Labute approximate surface area is 141 Å². The molecule has 0 saturated carbocycles. The van der Waals surface area contributed by atoms with Gasteiger partial charge in [0.1, 0.15) is 30.2 Å². The summed E-state index contributed by atoms with van der Waals surface area (Å²) in [4.78, 5) is 0. The fourth-order valence-electron chi connectivity index (χ4n) is 2.57. The monoisotopic (exact) mass is 384 g/mol. The number of aliphatic hydroxyl groups excluding tert-OH is 4. The summed E-state index contributed by atoms with van der Waals surface area (Å²) in [5, 5.41) is 40.6. The molecule has 0 aliphatic carbocycles. The lowest BCUT2D eigenvalue weighted by Gasteiger charge is -2.39. The molecule has 1 unspecified atom stereocenters. The molecule has 1 fully saturated rings. The van der Waals surface area contributed by atoms with Crippen LogP contribution in [-0.4, -0.2) is 57.7 Å². The molecule has 4 N–H and O–H groups in total. The topological polar surface area (TPSA) is 99.4 Å². The van der Waals surface area contributed by atoms with Gasteiger partial charge in [-0.2, -0.15) is 0 Å². The van der Waals surface area contributed by atoms with Gasteiger partial charge >= 0.3 is 0 Å². The van der Waals surface area contributed by atoms with Gasteiger partial charge < -0.3 is 29.9 Å². The third-order valence-corrected chi connectivity index (χ3v) is 4.37. The molecule has 1 aliphatic rings. The third-order valence-electron chi connectivity index (χ3n) is 3.87.